The van der Waals surface area contributed by atoms with Crippen molar-refractivity contribution in [3.05, 3.63) is 28.8 Å². The van der Waals surface area contributed by atoms with Gasteiger partial charge in [-0.05, 0) is 75.7 Å². The number of benzene rings is 1. The zero-order valence-electron chi connectivity index (χ0n) is 18.0. The van der Waals surface area contributed by atoms with E-state index in [2.05, 4.69) is 15.6 Å². The number of aryl methyl sites for hydroxylation is 2. The largest absolute Gasteiger partial charge is 0.507 e. The number of phenolic OH excluding ortho intramolecular Hbond substituents is 1. The van der Waals surface area contributed by atoms with Crippen molar-refractivity contribution >= 4 is 29.9 Å². The molecule has 172 valence electrons. The van der Waals surface area contributed by atoms with Crippen LogP contribution < -0.4 is 10.6 Å². The number of aliphatic imine (C=N–C) groups is 1. The van der Waals surface area contributed by atoms with Gasteiger partial charge in [0.2, 0.25) is 0 Å². The van der Waals surface area contributed by atoms with E-state index in [1.54, 1.807) is 0 Å². The van der Waals surface area contributed by atoms with E-state index in [1.165, 1.54) is 4.90 Å². The third kappa shape index (κ3) is 9.28. The summed E-state index contributed by atoms with van der Waals surface area (Å²) in [6.45, 7) is 7.97. The molecule has 1 aromatic carbocycles. The topological polar surface area (TPSA) is 59.9 Å². The first kappa shape index (κ1) is 26.8. The maximum absolute atomic E-state index is 12.5. The fourth-order valence-electron chi connectivity index (χ4n) is 3.73. The van der Waals surface area contributed by atoms with Crippen LogP contribution in [0.1, 0.15) is 42.9 Å². The Hall–Kier alpha value is -1.23. The lowest BCUT2D eigenvalue weighted by molar-refractivity contribution is -0.148. The predicted molar refractivity (Wildman–Crippen MR) is 126 cm³/mol. The van der Waals surface area contributed by atoms with Gasteiger partial charge in [-0.15, -0.1) is 24.0 Å². The van der Waals surface area contributed by atoms with Gasteiger partial charge in [0, 0.05) is 13.1 Å². The van der Waals surface area contributed by atoms with Gasteiger partial charge in [0.15, 0.2) is 5.96 Å². The van der Waals surface area contributed by atoms with Gasteiger partial charge in [-0.2, -0.15) is 13.2 Å². The van der Waals surface area contributed by atoms with Crippen molar-refractivity contribution in [1.82, 2.24) is 15.5 Å². The van der Waals surface area contributed by atoms with Crippen LogP contribution >= 0.6 is 24.0 Å². The molecule has 1 heterocycles. The van der Waals surface area contributed by atoms with E-state index >= 15 is 0 Å². The highest BCUT2D eigenvalue weighted by Crippen LogP contribution is 2.24. The summed E-state index contributed by atoms with van der Waals surface area (Å²) in [6, 6.07) is 3.87. The van der Waals surface area contributed by atoms with Gasteiger partial charge >= 0.3 is 6.18 Å². The molecule has 0 amide bonds. The van der Waals surface area contributed by atoms with E-state index < -0.39 is 12.7 Å². The van der Waals surface area contributed by atoms with Crippen LogP contribution in [0.2, 0.25) is 0 Å². The Labute approximate surface area is 194 Å². The number of hydrogen-bond donors (Lipinski definition) is 3. The summed E-state index contributed by atoms with van der Waals surface area (Å²) in [7, 11) is 0. The van der Waals surface area contributed by atoms with E-state index in [0.717, 1.165) is 55.0 Å². The van der Waals surface area contributed by atoms with Crippen molar-refractivity contribution in [1.29, 1.82) is 0 Å². The molecule has 1 aromatic rings. The van der Waals surface area contributed by atoms with E-state index in [9.17, 15) is 18.3 Å². The number of nitrogens with zero attached hydrogens (tertiary/aromatic N) is 2. The number of likely N-dealkylation sites (tertiary alicyclic amines) is 1. The minimum Gasteiger partial charge on any atom is -0.507 e. The van der Waals surface area contributed by atoms with Gasteiger partial charge in [0.1, 0.15) is 5.75 Å². The number of piperidine rings is 1. The minimum absolute atomic E-state index is 0. The molecule has 30 heavy (non-hydrogen) atoms. The summed E-state index contributed by atoms with van der Waals surface area (Å²) in [5.74, 6) is 1.49. The monoisotopic (exact) mass is 542 g/mol. The van der Waals surface area contributed by atoms with Gasteiger partial charge in [-0.25, -0.2) is 4.99 Å². The van der Waals surface area contributed by atoms with Gasteiger partial charge in [0.25, 0.3) is 0 Å². The molecule has 3 N–H and O–H groups in total. The molecule has 0 spiro atoms. The van der Waals surface area contributed by atoms with Gasteiger partial charge in [-0.1, -0.05) is 12.1 Å². The number of hydrogen-bond acceptors (Lipinski definition) is 3. The maximum atomic E-state index is 12.5. The van der Waals surface area contributed by atoms with Crippen LogP contribution in [-0.4, -0.2) is 54.9 Å². The van der Waals surface area contributed by atoms with Crippen molar-refractivity contribution in [2.24, 2.45) is 10.9 Å². The Morgan fingerprint density at radius 2 is 1.77 bits per heavy atom. The smallest absolute Gasteiger partial charge is 0.401 e. The molecule has 0 aromatic heterocycles. The molecule has 1 aliphatic heterocycles. The zero-order valence-corrected chi connectivity index (χ0v) is 20.3. The lowest BCUT2D eigenvalue weighted by atomic mass is 9.93. The summed E-state index contributed by atoms with van der Waals surface area (Å²) in [5, 5.41) is 16.4. The van der Waals surface area contributed by atoms with Crippen LogP contribution in [0.3, 0.4) is 0 Å². The van der Waals surface area contributed by atoms with Gasteiger partial charge in [0.05, 0.1) is 13.1 Å². The van der Waals surface area contributed by atoms with Gasteiger partial charge < -0.3 is 15.7 Å². The standard InChI is InChI=1S/C21H33F3N4O.HI/c1-4-25-20(27-13-18-11-15(2)19(29)16(3)12-18)26-8-5-17-6-9-28(10-7-17)14-21(22,23)24;/h11-12,17,29H,4-10,13-14H2,1-3H3,(H2,25,26,27);1H. The minimum atomic E-state index is -4.11. The molecule has 0 bridgehead atoms. The Balaban J connectivity index is 0.00000450. The zero-order chi connectivity index (χ0) is 21.4. The van der Waals surface area contributed by atoms with Gasteiger partial charge in [-0.3, -0.25) is 4.90 Å². The first-order chi connectivity index (χ1) is 13.7. The number of guanidine groups is 1. The van der Waals surface area contributed by atoms with Crippen LogP contribution in [0, 0.1) is 19.8 Å². The van der Waals surface area contributed by atoms with Crippen LogP contribution in [0.25, 0.3) is 0 Å². The maximum Gasteiger partial charge on any atom is 0.401 e. The summed E-state index contributed by atoms with van der Waals surface area (Å²) in [6.07, 6.45) is -1.59. The summed E-state index contributed by atoms with van der Waals surface area (Å²) in [4.78, 5) is 6.11. The van der Waals surface area contributed by atoms with E-state index in [0.29, 0.717) is 31.3 Å². The lowest BCUT2D eigenvalue weighted by Gasteiger charge is -2.32. The molecule has 5 nitrogen and oxygen atoms in total. The number of nitrogens with one attached hydrogen (secondary N) is 2. The molecule has 0 unspecified atom stereocenters. The van der Waals surface area contributed by atoms with Crippen molar-refractivity contribution in [3.8, 4) is 5.75 Å². The van der Waals surface area contributed by atoms with Crippen molar-refractivity contribution in [2.45, 2.75) is 52.8 Å². The number of aromatic hydroxyl groups is 1. The van der Waals surface area contributed by atoms with E-state index in [1.807, 2.05) is 32.9 Å². The molecule has 1 aliphatic rings. The predicted octanol–water partition coefficient (Wildman–Crippen LogP) is 4.35. The Morgan fingerprint density at radius 3 is 2.30 bits per heavy atom. The number of halogens is 4. The SMILES string of the molecule is CCNC(=NCc1cc(C)c(O)c(C)c1)NCCC1CCN(CC(F)(F)F)CC1.I. The number of rotatable bonds is 7. The fourth-order valence-corrected chi connectivity index (χ4v) is 3.73. The van der Waals surface area contributed by atoms with Crippen molar-refractivity contribution in [3.63, 3.8) is 0 Å². The molecular formula is C21H34F3IN4O. The third-order valence-electron chi connectivity index (χ3n) is 5.27. The highest BCUT2D eigenvalue weighted by molar-refractivity contribution is 14.0. The normalized spacial score (nSPS) is 16.3. The molecule has 2 rings (SSSR count). The van der Waals surface area contributed by atoms with Crippen LogP contribution in [-0.2, 0) is 6.54 Å². The quantitative estimate of drug-likeness (QED) is 0.273. The molecule has 0 aliphatic carbocycles. The van der Waals surface area contributed by atoms with Crippen molar-refractivity contribution in [2.75, 3.05) is 32.7 Å². The average molecular weight is 542 g/mol. The Morgan fingerprint density at radius 1 is 1.17 bits per heavy atom. The average Bonchev–Trinajstić information content (AvgIpc) is 2.64. The first-order valence-corrected chi connectivity index (χ1v) is 10.3. The van der Waals surface area contributed by atoms with Crippen LogP contribution in [0.15, 0.2) is 17.1 Å². The molecule has 0 radical (unpaired) electrons. The summed E-state index contributed by atoms with van der Waals surface area (Å²) >= 11 is 0. The molecule has 9 heteroatoms. The first-order valence-electron chi connectivity index (χ1n) is 10.3. The molecule has 0 saturated carbocycles. The molecule has 1 saturated heterocycles. The third-order valence-corrected chi connectivity index (χ3v) is 5.27. The molecular weight excluding hydrogens is 508 g/mol. The highest BCUT2D eigenvalue weighted by Gasteiger charge is 2.32. The molecule has 1 fully saturated rings. The Bertz CT molecular complexity index is 666. The second-order valence-corrected chi connectivity index (χ2v) is 7.82. The summed E-state index contributed by atoms with van der Waals surface area (Å²) < 4.78 is 37.4. The Kier molecular flexibility index (Phi) is 11.2. The van der Waals surface area contributed by atoms with E-state index in [4.69, 9.17) is 0 Å². The second kappa shape index (κ2) is 12.6. The second-order valence-electron chi connectivity index (χ2n) is 7.82. The fraction of sp³-hybridized carbons (Fsp3) is 0.667. The highest BCUT2D eigenvalue weighted by atomic mass is 127. The molecule has 0 atom stereocenters. The van der Waals surface area contributed by atoms with Crippen molar-refractivity contribution < 1.29 is 18.3 Å². The number of phenols is 1. The lowest BCUT2D eigenvalue weighted by Crippen LogP contribution is -2.41. The van der Waals surface area contributed by atoms with Crippen LogP contribution in [0.4, 0.5) is 13.2 Å². The van der Waals surface area contributed by atoms with Crippen LogP contribution in [0.5, 0.6) is 5.75 Å². The van der Waals surface area contributed by atoms with E-state index in [-0.39, 0.29) is 24.0 Å². The summed E-state index contributed by atoms with van der Waals surface area (Å²) in [5.41, 5.74) is 2.71. The number of alkyl halides is 3.